The van der Waals surface area contributed by atoms with Gasteiger partial charge in [0.05, 0.1) is 10.8 Å². The van der Waals surface area contributed by atoms with Gasteiger partial charge in [0, 0.05) is 20.1 Å². The van der Waals surface area contributed by atoms with Gasteiger partial charge >= 0.3 is 0 Å². The number of hydrogen-bond acceptors (Lipinski definition) is 6. The molecular formula is C16H21N5O4S. The second-order valence-electron chi connectivity index (χ2n) is 6.30. The smallest absolute Gasteiger partial charge is 0.244 e. The van der Waals surface area contributed by atoms with Gasteiger partial charge in [-0.2, -0.15) is 0 Å². The molecule has 0 radical (unpaired) electrons. The van der Waals surface area contributed by atoms with Crippen LogP contribution in [0.15, 0.2) is 24.3 Å². The van der Waals surface area contributed by atoms with E-state index >= 15 is 0 Å². The molecule has 0 unspecified atom stereocenters. The minimum Gasteiger partial charge on any atom is -0.358 e. The zero-order valence-corrected chi connectivity index (χ0v) is 15.3. The van der Waals surface area contributed by atoms with E-state index in [1.807, 2.05) is 24.3 Å². The van der Waals surface area contributed by atoms with Crippen LogP contribution >= 0.6 is 0 Å². The summed E-state index contributed by atoms with van der Waals surface area (Å²) >= 11 is 0. The van der Waals surface area contributed by atoms with Crippen molar-refractivity contribution in [1.29, 1.82) is 0 Å². The fourth-order valence-electron chi connectivity index (χ4n) is 3.10. The number of nitrogens with one attached hydrogen (secondary N) is 1. The van der Waals surface area contributed by atoms with Gasteiger partial charge in [0.2, 0.25) is 11.8 Å². The minimum absolute atomic E-state index is 0.0656. The summed E-state index contributed by atoms with van der Waals surface area (Å²) < 4.78 is 26.0. The molecule has 0 bridgehead atoms. The van der Waals surface area contributed by atoms with Gasteiger partial charge in [0.15, 0.2) is 9.84 Å². The number of carbonyl (C=O) groups excluding carboxylic acids is 2. The van der Waals surface area contributed by atoms with Crippen LogP contribution in [-0.4, -0.2) is 71.3 Å². The van der Waals surface area contributed by atoms with Crippen LogP contribution < -0.4 is 5.32 Å². The summed E-state index contributed by atoms with van der Waals surface area (Å²) in [6.07, 6.45) is 0.673. The van der Waals surface area contributed by atoms with E-state index in [0.717, 1.165) is 11.0 Å². The largest absolute Gasteiger partial charge is 0.358 e. The molecule has 1 N–H and O–H groups in total. The highest BCUT2D eigenvalue weighted by molar-refractivity contribution is 7.92. The summed E-state index contributed by atoms with van der Waals surface area (Å²) in [6.45, 7) is 0.766. The van der Waals surface area contributed by atoms with E-state index in [-0.39, 0.29) is 12.5 Å². The Kier molecular flexibility index (Phi) is 5.21. The SMILES string of the molecule is CNC(=O)CS(=O)(=O)C1CCN(C(=O)Cn2nnc3ccccc32)CC1. The predicted molar refractivity (Wildman–Crippen MR) is 95.0 cm³/mol. The Morgan fingerprint density at radius 2 is 1.92 bits per heavy atom. The van der Waals surface area contributed by atoms with E-state index in [1.165, 1.54) is 7.05 Å². The molecule has 0 spiro atoms. The van der Waals surface area contributed by atoms with Gasteiger partial charge in [0.1, 0.15) is 17.8 Å². The molecule has 2 amide bonds. The van der Waals surface area contributed by atoms with Crippen molar-refractivity contribution in [2.45, 2.75) is 24.6 Å². The van der Waals surface area contributed by atoms with Gasteiger partial charge in [-0.05, 0) is 25.0 Å². The number of aromatic nitrogens is 3. The quantitative estimate of drug-likeness (QED) is 0.755. The van der Waals surface area contributed by atoms with Crippen LogP contribution in [0.3, 0.4) is 0 Å². The molecule has 3 rings (SSSR count). The highest BCUT2D eigenvalue weighted by Gasteiger charge is 2.32. The number of rotatable bonds is 5. The van der Waals surface area contributed by atoms with Gasteiger partial charge in [-0.25, -0.2) is 13.1 Å². The van der Waals surface area contributed by atoms with Gasteiger partial charge in [-0.3, -0.25) is 9.59 Å². The number of benzene rings is 1. The van der Waals surface area contributed by atoms with Crippen molar-refractivity contribution in [1.82, 2.24) is 25.2 Å². The molecule has 9 nitrogen and oxygen atoms in total. The monoisotopic (exact) mass is 379 g/mol. The van der Waals surface area contributed by atoms with Crippen molar-refractivity contribution in [3.05, 3.63) is 24.3 Å². The van der Waals surface area contributed by atoms with Crippen LogP contribution in [0, 0.1) is 0 Å². The molecule has 0 saturated carbocycles. The van der Waals surface area contributed by atoms with Crippen molar-refractivity contribution in [3.8, 4) is 0 Å². The maximum atomic E-state index is 12.5. The highest BCUT2D eigenvalue weighted by Crippen LogP contribution is 2.19. The van der Waals surface area contributed by atoms with Crippen molar-refractivity contribution in [3.63, 3.8) is 0 Å². The highest BCUT2D eigenvalue weighted by atomic mass is 32.2. The van der Waals surface area contributed by atoms with Gasteiger partial charge in [0.25, 0.3) is 0 Å². The molecule has 1 saturated heterocycles. The molecule has 1 fully saturated rings. The summed E-state index contributed by atoms with van der Waals surface area (Å²) in [6, 6.07) is 7.38. The first kappa shape index (κ1) is 18.3. The fourth-order valence-corrected chi connectivity index (χ4v) is 4.77. The third-order valence-electron chi connectivity index (χ3n) is 4.62. The lowest BCUT2D eigenvalue weighted by atomic mass is 10.1. The molecule has 0 aliphatic carbocycles. The zero-order chi connectivity index (χ0) is 18.7. The second kappa shape index (κ2) is 7.40. The second-order valence-corrected chi connectivity index (χ2v) is 8.58. The number of para-hydroxylation sites is 1. The van der Waals surface area contributed by atoms with Crippen molar-refractivity contribution >= 4 is 32.7 Å². The Balaban J connectivity index is 1.59. The van der Waals surface area contributed by atoms with E-state index in [9.17, 15) is 18.0 Å². The maximum Gasteiger partial charge on any atom is 0.244 e. The molecule has 0 atom stereocenters. The molecule has 140 valence electrons. The zero-order valence-electron chi connectivity index (χ0n) is 14.5. The molecule has 10 heteroatoms. The third kappa shape index (κ3) is 3.85. The molecule has 1 aromatic heterocycles. The topological polar surface area (TPSA) is 114 Å². The molecular weight excluding hydrogens is 358 g/mol. The number of sulfone groups is 1. The van der Waals surface area contributed by atoms with Gasteiger partial charge in [-0.15, -0.1) is 5.10 Å². The number of fused-ring (bicyclic) bond motifs is 1. The van der Waals surface area contributed by atoms with Gasteiger partial charge < -0.3 is 10.2 Å². The summed E-state index contributed by atoms with van der Waals surface area (Å²) in [5.74, 6) is -1.14. The standard InChI is InChI=1S/C16H21N5O4S/c1-17-15(22)11-26(24,25)12-6-8-20(9-7-12)16(23)10-21-14-5-3-2-4-13(14)18-19-21/h2-5,12H,6-11H2,1H3,(H,17,22). The Morgan fingerprint density at radius 3 is 2.62 bits per heavy atom. The summed E-state index contributed by atoms with van der Waals surface area (Å²) in [7, 11) is -2.09. The number of hydrogen-bond donors (Lipinski definition) is 1. The number of amides is 2. The Morgan fingerprint density at radius 1 is 1.23 bits per heavy atom. The number of piperidine rings is 1. The van der Waals surface area contributed by atoms with Crippen LogP contribution in [0.2, 0.25) is 0 Å². The maximum absolute atomic E-state index is 12.5. The lowest BCUT2D eigenvalue weighted by Gasteiger charge is -2.31. The first-order chi connectivity index (χ1) is 12.4. The van der Waals surface area contributed by atoms with Crippen LogP contribution in [0.1, 0.15) is 12.8 Å². The van der Waals surface area contributed by atoms with E-state index in [1.54, 1.807) is 9.58 Å². The Bertz CT molecular complexity index is 916. The first-order valence-electron chi connectivity index (χ1n) is 8.39. The molecule has 1 aliphatic heterocycles. The number of carbonyl (C=O) groups is 2. The fraction of sp³-hybridized carbons (Fsp3) is 0.500. The van der Waals surface area contributed by atoms with Crippen LogP contribution in [0.25, 0.3) is 11.0 Å². The summed E-state index contributed by atoms with van der Waals surface area (Å²) in [4.78, 5) is 25.5. The van der Waals surface area contributed by atoms with E-state index < -0.39 is 26.7 Å². The normalized spacial score (nSPS) is 16.0. The lowest BCUT2D eigenvalue weighted by Crippen LogP contribution is -2.45. The molecule has 1 aromatic carbocycles. The first-order valence-corrected chi connectivity index (χ1v) is 10.1. The molecule has 26 heavy (non-hydrogen) atoms. The average molecular weight is 379 g/mol. The number of nitrogens with zero attached hydrogens (tertiary/aromatic N) is 4. The average Bonchev–Trinajstić information content (AvgIpc) is 3.04. The molecule has 1 aliphatic rings. The van der Waals surface area contributed by atoms with Crippen molar-refractivity contribution < 1.29 is 18.0 Å². The van der Waals surface area contributed by atoms with Crippen molar-refractivity contribution in [2.24, 2.45) is 0 Å². The van der Waals surface area contributed by atoms with Gasteiger partial charge in [-0.1, -0.05) is 17.3 Å². The lowest BCUT2D eigenvalue weighted by molar-refractivity contribution is -0.132. The van der Waals surface area contributed by atoms with Crippen LogP contribution in [0.4, 0.5) is 0 Å². The Hall–Kier alpha value is -2.49. The van der Waals surface area contributed by atoms with Crippen LogP contribution in [0.5, 0.6) is 0 Å². The van der Waals surface area contributed by atoms with Crippen molar-refractivity contribution in [2.75, 3.05) is 25.9 Å². The molecule has 2 aromatic rings. The summed E-state index contributed by atoms with van der Waals surface area (Å²) in [5, 5.41) is 9.77. The van der Waals surface area contributed by atoms with E-state index in [4.69, 9.17) is 0 Å². The van der Waals surface area contributed by atoms with E-state index in [0.29, 0.717) is 25.9 Å². The Labute approximate surface area is 151 Å². The predicted octanol–water partition coefficient (Wildman–Crippen LogP) is -0.417. The minimum atomic E-state index is -3.50. The third-order valence-corrected chi connectivity index (χ3v) is 6.77. The van der Waals surface area contributed by atoms with E-state index in [2.05, 4.69) is 15.6 Å². The number of likely N-dealkylation sites (tertiary alicyclic amines) is 1. The summed E-state index contributed by atoms with van der Waals surface area (Å²) in [5.41, 5.74) is 1.50. The van der Waals surface area contributed by atoms with Crippen LogP contribution in [-0.2, 0) is 26.0 Å². The molecule has 2 heterocycles.